The first-order valence-corrected chi connectivity index (χ1v) is 9.59. The number of aliphatic hydroxyl groups excluding tert-OH is 1. The Morgan fingerprint density at radius 2 is 1.82 bits per heavy atom. The summed E-state index contributed by atoms with van der Waals surface area (Å²) in [5.41, 5.74) is 0.664. The summed E-state index contributed by atoms with van der Waals surface area (Å²) in [6.07, 6.45) is 0. The first kappa shape index (κ1) is 18.4. The smallest absolute Gasteiger partial charge is 0.300 e. The second-order valence-corrected chi connectivity index (χ2v) is 7.59. The maximum Gasteiger partial charge on any atom is 0.300 e. The number of carbonyl (C=O) groups is 2. The maximum absolute atomic E-state index is 13.2. The van der Waals surface area contributed by atoms with E-state index in [0.29, 0.717) is 15.6 Å². The molecule has 4 nitrogen and oxygen atoms in total. The molecule has 1 aliphatic heterocycles. The minimum atomic E-state index is -0.805. The quantitative estimate of drug-likeness (QED) is 0.366. The molecule has 7 heteroatoms. The molecule has 0 bridgehead atoms. The van der Waals surface area contributed by atoms with Gasteiger partial charge in [0.2, 0.25) is 0 Å². The molecule has 0 saturated carbocycles. The molecule has 2 aromatic carbocycles. The van der Waals surface area contributed by atoms with Crippen molar-refractivity contribution in [3.05, 3.63) is 92.9 Å². The number of hydrogen-bond acceptors (Lipinski definition) is 4. The van der Waals surface area contributed by atoms with Gasteiger partial charge in [-0.25, -0.2) is 4.39 Å². The standard InChI is InChI=1S/C21H13ClFNO3S/c22-13-3-1-4-15(11-13)24-18(16-5-2-10-28-16)17(20(26)21(24)27)19(25)12-6-8-14(23)9-7-12/h1-11,18,25H/b19-17-. The largest absolute Gasteiger partial charge is 0.507 e. The van der Waals surface area contributed by atoms with Crippen LogP contribution in [-0.4, -0.2) is 16.8 Å². The summed E-state index contributed by atoms with van der Waals surface area (Å²) in [5, 5.41) is 13.1. The van der Waals surface area contributed by atoms with Crippen LogP contribution in [0.4, 0.5) is 10.1 Å². The van der Waals surface area contributed by atoms with Crippen LogP contribution in [0.3, 0.4) is 0 Å². The van der Waals surface area contributed by atoms with Gasteiger partial charge in [0.15, 0.2) is 0 Å². The van der Waals surface area contributed by atoms with Gasteiger partial charge in [-0.2, -0.15) is 0 Å². The molecule has 4 rings (SSSR count). The Morgan fingerprint density at radius 3 is 2.46 bits per heavy atom. The molecule has 28 heavy (non-hydrogen) atoms. The monoisotopic (exact) mass is 413 g/mol. The topological polar surface area (TPSA) is 57.6 Å². The van der Waals surface area contributed by atoms with Crippen LogP contribution >= 0.6 is 22.9 Å². The van der Waals surface area contributed by atoms with E-state index in [9.17, 15) is 19.1 Å². The fraction of sp³-hybridized carbons (Fsp3) is 0.0476. The number of carbonyl (C=O) groups excluding carboxylic acids is 2. The molecule has 140 valence electrons. The van der Waals surface area contributed by atoms with E-state index in [2.05, 4.69) is 0 Å². The van der Waals surface area contributed by atoms with Crippen molar-refractivity contribution >= 4 is 46.1 Å². The second kappa shape index (κ2) is 7.22. The van der Waals surface area contributed by atoms with Crippen LogP contribution in [0, 0.1) is 5.82 Å². The number of thiophene rings is 1. The highest BCUT2D eigenvalue weighted by Crippen LogP contribution is 2.43. The van der Waals surface area contributed by atoms with Gasteiger partial charge in [-0.1, -0.05) is 23.7 Å². The molecule has 1 aliphatic rings. The molecular weight excluding hydrogens is 401 g/mol. The lowest BCUT2D eigenvalue weighted by molar-refractivity contribution is -0.132. The van der Waals surface area contributed by atoms with Gasteiger partial charge in [0.1, 0.15) is 17.6 Å². The lowest BCUT2D eigenvalue weighted by atomic mass is 9.99. The number of anilines is 1. The van der Waals surface area contributed by atoms with Crippen LogP contribution in [0.15, 0.2) is 71.6 Å². The highest BCUT2D eigenvalue weighted by atomic mass is 35.5. The molecule has 0 radical (unpaired) electrons. The lowest BCUT2D eigenvalue weighted by Gasteiger charge is -2.24. The summed E-state index contributed by atoms with van der Waals surface area (Å²) in [5.74, 6) is -2.38. The first-order chi connectivity index (χ1) is 13.5. The number of nitrogens with zero attached hydrogens (tertiary/aromatic N) is 1. The number of halogens is 2. The number of ketones is 1. The number of amides is 1. The first-order valence-electron chi connectivity index (χ1n) is 8.33. The van der Waals surface area contributed by atoms with Crippen LogP contribution in [0.1, 0.15) is 16.5 Å². The van der Waals surface area contributed by atoms with Gasteiger partial charge in [0.05, 0.1) is 5.57 Å². The van der Waals surface area contributed by atoms with Gasteiger partial charge in [0.25, 0.3) is 11.7 Å². The Labute approximate surface area is 169 Å². The van der Waals surface area contributed by atoms with E-state index in [-0.39, 0.29) is 16.9 Å². The number of hydrogen-bond donors (Lipinski definition) is 1. The van der Waals surface area contributed by atoms with E-state index in [0.717, 1.165) is 0 Å². The van der Waals surface area contributed by atoms with Crippen LogP contribution in [0.5, 0.6) is 0 Å². The Hall–Kier alpha value is -2.96. The molecule has 0 spiro atoms. The maximum atomic E-state index is 13.2. The summed E-state index contributed by atoms with van der Waals surface area (Å²) in [7, 11) is 0. The average molecular weight is 414 g/mol. The molecule has 2 heterocycles. The predicted octanol–water partition coefficient (Wildman–Crippen LogP) is 5.17. The van der Waals surface area contributed by atoms with Crippen molar-refractivity contribution in [1.29, 1.82) is 0 Å². The van der Waals surface area contributed by atoms with E-state index in [4.69, 9.17) is 11.6 Å². The summed E-state index contributed by atoms with van der Waals surface area (Å²) in [6.45, 7) is 0. The third-order valence-corrected chi connectivity index (χ3v) is 5.62. The van der Waals surface area contributed by atoms with Crippen LogP contribution in [0.25, 0.3) is 5.76 Å². The van der Waals surface area contributed by atoms with Crippen molar-refractivity contribution in [2.75, 3.05) is 4.90 Å². The average Bonchev–Trinajstić information content (AvgIpc) is 3.29. The Bertz CT molecular complexity index is 1090. The van der Waals surface area contributed by atoms with E-state index in [1.807, 2.05) is 5.38 Å². The predicted molar refractivity (Wildman–Crippen MR) is 107 cm³/mol. The van der Waals surface area contributed by atoms with E-state index in [1.54, 1.807) is 36.4 Å². The summed E-state index contributed by atoms with van der Waals surface area (Å²) in [4.78, 5) is 27.7. The van der Waals surface area contributed by atoms with Gasteiger partial charge in [0, 0.05) is 21.2 Å². The molecule has 1 fully saturated rings. The van der Waals surface area contributed by atoms with Crippen LogP contribution < -0.4 is 4.90 Å². The van der Waals surface area contributed by atoms with Crippen molar-refractivity contribution in [3.63, 3.8) is 0 Å². The van der Waals surface area contributed by atoms with Crippen LogP contribution in [0.2, 0.25) is 5.02 Å². The second-order valence-electron chi connectivity index (χ2n) is 6.17. The summed E-state index contributed by atoms with van der Waals surface area (Å²) in [6, 6.07) is 14.5. The minimum absolute atomic E-state index is 0.0426. The van der Waals surface area contributed by atoms with Gasteiger partial charge in [-0.05, 0) is 53.9 Å². The van der Waals surface area contributed by atoms with E-state index < -0.39 is 23.5 Å². The molecule has 1 aromatic heterocycles. The van der Waals surface area contributed by atoms with Gasteiger partial charge in [-0.15, -0.1) is 11.3 Å². The van der Waals surface area contributed by atoms with Crippen molar-refractivity contribution in [1.82, 2.24) is 0 Å². The van der Waals surface area contributed by atoms with Crippen molar-refractivity contribution in [2.24, 2.45) is 0 Å². The van der Waals surface area contributed by atoms with Crippen molar-refractivity contribution in [3.8, 4) is 0 Å². The SMILES string of the molecule is O=C1C(=O)N(c2cccc(Cl)c2)C(c2cccs2)/C1=C(/O)c1ccc(F)cc1. The van der Waals surface area contributed by atoms with E-state index >= 15 is 0 Å². The Morgan fingerprint density at radius 1 is 1.07 bits per heavy atom. The zero-order valence-corrected chi connectivity index (χ0v) is 15.9. The zero-order chi connectivity index (χ0) is 19.8. The number of rotatable bonds is 3. The molecule has 1 atom stereocenters. The summed E-state index contributed by atoms with van der Waals surface area (Å²) < 4.78 is 13.2. The van der Waals surface area contributed by atoms with Crippen LogP contribution in [-0.2, 0) is 9.59 Å². The normalized spacial score (nSPS) is 18.6. The van der Waals surface area contributed by atoms with Crippen molar-refractivity contribution in [2.45, 2.75) is 6.04 Å². The third-order valence-electron chi connectivity index (χ3n) is 4.46. The highest BCUT2D eigenvalue weighted by molar-refractivity contribution is 7.10. The molecule has 1 N–H and O–H groups in total. The number of aliphatic hydroxyl groups is 1. The third kappa shape index (κ3) is 3.10. The molecule has 1 amide bonds. The van der Waals surface area contributed by atoms with Gasteiger partial charge < -0.3 is 5.11 Å². The fourth-order valence-electron chi connectivity index (χ4n) is 3.20. The molecule has 3 aromatic rings. The molecule has 1 unspecified atom stereocenters. The highest BCUT2D eigenvalue weighted by Gasteiger charge is 2.47. The van der Waals surface area contributed by atoms with E-state index in [1.165, 1.54) is 40.5 Å². The number of benzene rings is 2. The fourth-order valence-corrected chi connectivity index (χ4v) is 4.21. The zero-order valence-electron chi connectivity index (χ0n) is 14.3. The molecular formula is C21H13ClFNO3S. The lowest BCUT2D eigenvalue weighted by Crippen LogP contribution is -2.29. The number of Topliss-reactive ketones (excluding diaryl/α,β-unsaturated/α-hetero) is 1. The molecule has 1 saturated heterocycles. The minimum Gasteiger partial charge on any atom is -0.507 e. The Kier molecular flexibility index (Phi) is 4.75. The Balaban J connectivity index is 1.93. The molecule has 0 aliphatic carbocycles. The van der Waals surface area contributed by atoms with Gasteiger partial charge >= 0.3 is 0 Å². The van der Waals surface area contributed by atoms with Crippen molar-refractivity contribution < 1.29 is 19.1 Å². The summed E-state index contributed by atoms with van der Waals surface area (Å²) >= 11 is 7.43. The van der Waals surface area contributed by atoms with Gasteiger partial charge in [-0.3, -0.25) is 14.5 Å².